The molecule has 0 aliphatic carbocycles. The number of hydrogen-bond donors (Lipinski definition) is 3. The topological polar surface area (TPSA) is 91.9 Å². The smallest absolute Gasteiger partial charge is 0.413 e. The molecule has 2 rings (SSSR count). The molecule has 2 aromatic rings. The van der Waals surface area contributed by atoms with Crippen LogP contribution in [-0.4, -0.2) is 26.9 Å². The summed E-state index contributed by atoms with van der Waals surface area (Å²) in [6.45, 7) is 8.66. The van der Waals surface area contributed by atoms with Gasteiger partial charge in [0.2, 0.25) is 0 Å². The van der Waals surface area contributed by atoms with Gasteiger partial charge in [0, 0.05) is 30.5 Å². The van der Waals surface area contributed by atoms with Crippen LogP contribution >= 0.6 is 0 Å². The fourth-order valence-corrected chi connectivity index (χ4v) is 1.90. The van der Waals surface area contributed by atoms with E-state index in [1.807, 2.05) is 46.0 Å². The van der Waals surface area contributed by atoms with Gasteiger partial charge in [0.15, 0.2) is 0 Å². The summed E-state index contributed by atoms with van der Waals surface area (Å²) >= 11 is 0. The molecular weight excluding hydrogens is 294 g/mol. The van der Waals surface area contributed by atoms with Crippen molar-refractivity contribution in [1.29, 1.82) is 0 Å². The second-order valence-electron chi connectivity index (χ2n) is 6.31. The van der Waals surface area contributed by atoms with Crippen molar-refractivity contribution in [3.05, 3.63) is 41.3 Å². The summed E-state index contributed by atoms with van der Waals surface area (Å²) in [5.74, 6) is 0.536. The molecule has 0 unspecified atom stereocenters. The van der Waals surface area contributed by atoms with E-state index < -0.39 is 11.7 Å². The minimum atomic E-state index is -0.541. The Kier molecular flexibility index (Phi) is 5.33. The number of pyridine rings is 1. The molecule has 0 radical (unpaired) electrons. The van der Waals surface area contributed by atoms with E-state index in [9.17, 15) is 4.79 Å². The van der Waals surface area contributed by atoms with Crippen LogP contribution in [-0.2, 0) is 17.8 Å². The Morgan fingerprint density at radius 1 is 1.26 bits per heavy atom. The van der Waals surface area contributed by atoms with Gasteiger partial charge in [0.25, 0.3) is 0 Å². The summed E-state index contributed by atoms with van der Waals surface area (Å²) in [6.07, 6.45) is 3.01. The van der Waals surface area contributed by atoms with Gasteiger partial charge >= 0.3 is 6.09 Å². The molecule has 2 aromatic heterocycles. The molecular formula is C16H23N5O2. The summed E-state index contributed by atoms with van der Waals surface area (Å²) < 4.78 is 5.22. The molecule has 124 valence electrons. The van der Waals surface area contributed by atoms with Crippen molar-refractivity contribution in [2.45, 2.75) is 46.4 Å². The first-order chi connectivity index (χ1) is 10.8. The molecule has 23 heavy (non-hydrogen) atoms. The van der Waals surface area contributed by atoms with E-state index in [-0.39, 0.29) is 0 Å². The lowest BCUT2D eigenvalue weighted by Crippen LogP contribution is -2.27. The minimum Gasteiger partial charge on any atom is -0.444 e. The van der Waals surface area contributed by atoms with E-state index in [1.165, 1.54) is 0 Å². The van der Waals surface area contributed by atoms with E-state index in [1.54, 1.807) is 6.20 Å². The first kappa shape index (κ1) is 17.0. The molecule has 0 saturated carbocycles. The van der Waals surface area contributed by atoms with Crippen molar-refractivity contribution in [1.82, 2.24) is 20.5 Å². The molecule has 7 nitrogen and oxygen atoms in total. The number of carbonyl (C=O) groups excluding carboxylic acids is 1. The number of nitrogens with zero attached hydrogens (tertiary/aromatic N) is 2. The SMILES string of the molecule is Cc1ccc(CNCc2cn[nH]c2NC(=O)OC(C)(C)C)cn1. The highest BCUT2D eigenvalue weighted by Crippen LogP contribution is 2.14. The molecule has 0 aromatic carbocycles. The van der Waals surface area contributed by atoms with Gasteiger partial charge in [0.05, 0.1) is 6.20 Å². The summed E-state index contributed by atoms with van der Waals surface area (Å²) in [5, 5.41) is 12.7. The Hall–Kier alpha value is -2.41. The molecule has 1 amide bonds. The maximum atomic E-state index is 11.8. The normalized spacial score (nSPS) is 11.3. The van der Waals surface area contributed by atoms with Gasteiger partial charge in [-0.1, -0.05) is 6.07 Å². The molecule has 0 spiro atoms. The highest BCUT2D eigenvalue weighted by Gasteiger charge is 2.17. The molecule has 0 bridgehead atoms. The number of anilines is 1. The van der Waals surface area contributed by atoms with E-state index in [0.717, 1.165) is 16.8 Å². The van der Waals surface area contributed by atoms with Gasteiger partial charge in [-0.3, -0.25) is 15.4 Å². The van der Waals surface area contributed by atoms with E-state index in [0.29, 0.717) is 18.9 Å². The number of amides is 1. The zero-order chi connectivity index (χ0) is 16.9. The Morgan fingerprint density at radius 2 is 2.04 bits per heavy atom. The average molecular weight is 317 g/mol. The van der Waals surface area contributed by atoms with Crippen LogP contribution in [0.4, 0.5) is 10.6 Å². The van der Waals surface area contributed by atoms with Crippen LogP contribution in [0.5, 0.6) is 0 Å². The summed E-state index contributed by atoms with van der Waals surface area (Å²) in [6, 6.07) is 4.01. The highest BCUT2D eigenvalue weighted by molar-refractivity contribution is 5.84. The van der Waals surface area contributed by atoms with E-state index >= 15 is 0 Å². The maximum Gasteiger partial charge on any atom is 0.413 e. The number of rotatable bonds is 5. The molecule has 2 heterocycles. The predicted octanol–water partition coefficient (Wildman–Crippen LogP) is 2.75. The Balaban J connectivity index is 1.86. The number of carbonyl (C=O) groups is 1. The molecule has 0 atom stereocenters. The zero-order valence-corrected chi connectivity index (χ0v) is 13.9. The molecule has 0 aliphatic heterocycles. The molecule has 0 aliphatic rings. The van der Waals surface area contributed by atoms with Crippen molar-refractivity contribution >= 4 is 11.9 Å². The summed E-state index contributed by atoms with van der Waals surface area (Å²) in [5.41, 5.74) is 2.41. The molecule has 7 heteroatoms. The fourth-order valence-electron chi connectivity index (χ4n) is 1.90. The summed E-state index contributed by atoms with van der Waals surface area (Å²) in [4.78, 5) is 16.0. The number of H-pyrrole nitrogens is 1. The van der Waals surface area contributed by atoms with Crippen LogP contribution in [0.2, 0.25) is 0 Å². The van der Waals surface area contributed by atoms with Gasteiger partial charge < -0.3 is 10.1 Å². The maximum absolute atomic E-state index is 11.8. The number of aromatic amines is 1. The lowest BCUT2D eigenvalue weighted by molar-refractivity contribution is 0.0635. The van der Waals surface area contributed by atoms with Crippen LogP contribution in [0, 0.1) is 6.92 Å². The van der Waals surface area contributed by atoms with Gasteiger partial charge in [0.1, 0.15) is 11.4 Å². The Morgan fingerprint density at radius 3 is 2.70 bits per heavy atom. The van der Waals surface area contributed by atoms with Crippen LogP contribution in [0.15, 0.2) is 24.5 Å². The summed E-state index contributed by atoms with van der Waals surface area (Å²) in [7, 11) is 0. The average Bonchev–Trinajstić information content (AvgIpc) is 2.86. The number of ether oxygens (including phenoxy) is 1. The van der Waals surface area contributed by atoms with Crippen molar-refractivity contribution in [2.24, 2.45) is 0 Å². The van der Waals surface area contributed by atoms with Crippen LogP contribution in [0.25, 0.3) is 0 Å². The lowest BCUT2D eigenvalue weighted by Gasteiger charge is -2.19. The van der Waals surface area contributed by atoms with Gasteiger partial charge in [-0.15, -0.1) is 0 Å². The second kappa shape index (κ2) is 7.23. The minimum absolute atomic E-state index is 0.509. The standard InChI is InChI=1S/C16H23N5O2/c1-11-5-6-12(8-18-11)7-17-9-13-10-19-21-14(13)20-15(22)23-16(2,3)4/h5-6,8,10,17H,7,9H2,1-4H3,(H2,19,20,21,22). The molecule has 3 N–H and O–H groups in total. The van der Waals surface area contributed by atoms with Crippen LogP contribution < -0.4 is 10.6 Å². The molecule has 0 saturated heterocycles. The van der Waals surface area contributed by atoms with Crippen molar-refractivity contribution in [3.63, 3.8) is 0 Å². The Bertz CT molecular complexity index is 643. The van der Waals surface area contributed by atoms with Crippen molar-refractivity contribution in [2.75, 3.05) is 5.32 Å². The number of aryl methyl sites for hydroxylation is 1. The van der Waals surface area contributed by atoms with Crippen molar-refractivity contribution < 1.29 is 9.53 Å². The fraction of sp³-hybridized carbons (Fsp3) is 0.438. The number of hydrogen-bond acceptors (Lipinski definition) is 5. The van der Waals surface area contributed by atoms with E-state index in [4.69, 9.17) is 4.74 Å². The van der Waals surface area contributed by atoms with Crippen molar-refractivity contribution in [3.8, 4) is 0 Å². The third kappa shape index (κ3) is 5.71. The lowest BCUT2D eigenvalue weighted by atomic mass is 10.2. The third-order valence-electron chi connectivity index (χ3n) is 2.96. The highest BCUT2D eigenvalue weighted by atomic mass is 16.6. The van der Waals surface area contributed by atoms with E-state index in [2.05, 4.69) is 25.8 Å². The van der Waals surface area contributed by atoms with Crippen LogP contribution in [0.3, 0.4) is 0 Å². The Labute approximate surface area is 135 Å². The monoisotopic (exact) mass is 317 g/mol. The predicted molar refractivity (Wildman–Crippen MR) is 88.0 cm³/mol. The van der Waals surface area contributed by atoms with Gasteiger partial charge in [-0.05, 0) is 39.3 Å². The zero-order valence-electron chi connectivity index (χ0n) is 13.9. The quantitative estimate of drug-likeness (QED) is 0.788. The van der Waals surface area contributed by atoms with Crippen LogP contribution in [0.1, 0.15) is 37.6 Å². The first-order valence-electron chi connectivity index (χ1n) is 7.48. The number of aromatic nitrogens is 3. The largest absolute Gasteiger partial charge is 0.444 e. The first-order valence-corrected chi connectivity index (χ1v) is 7.48. The number of nitrogens with one attached hydrogen (secondary N) is 3. The molecule has 0 fully saturated rings. The van der Waals surface area contributed by atoms with Gasteiger partial charge in [-0.2, -0.15) is 5.10 Å². The van der Waals surface area contributed by atoms with Gasteiger partial charge in [-0.25, -0.2) is 4.79 Å². The second-order valence-corrected chi connectivity index (χ2v) is 6.31. The third-order valence-corrected chi connectivity index (χ3v) is 2.96.